The number of carboxylic acid groups (broad SMARTS) is 7. The van der Waals surface area contributed by atoms with Gasteiger partial charge in [0.05, 0.1) is 30.5 Å². The van der Waals surface area contributed by atoms with E-state index in [9.17, 15) is 69.3 Å². The molecule has 5 rings (SSSR count). The van der Waals surface area contributed by atoms with Crippen LogP contribution in [0, 0.1) is 34.0 Å². The summed E-state index contributed by atoms with van der Waals surface area (Å²) in [7, 11) is 0. The van der Waals surface area contributed by atoms with Gasteiger partial charge in [0.25, 0.3) is 0 Å². The number of hydrogen-bond acceptors (Lipinski definition) is 10. The summed E-state index contributed by atoms with van der Waals surface area (Å²) in [5.74, 6) is -11.0. The van der Waals surface area contributed by atoms with E-state index in [1.807, 2.05) is 13.8 Å². The Morgan fingerprint density at radius 3 is 1.83 bits per heavy atom. The van der Waals surface area contributed by atoms with Crippen LogP contribution in [0.15, 0.2) is 48.7 Å². The van der Waals surface area contributed by atoms with Gasteiger partial charge >= 0.3 is 58.6 Å². The van der Waals surface area contributed by atoms with Gasteiger partial charge in [-0.15, -0.1) is 0 Å². The average Bonchev–Trinajstić information content (AvgIpc) is 3.75. The molecule has 1 saturated heterocycles. The number of fused-ring (bicyclic) bond motifs is 6. The first-order chi connectivity index (χ1) is 29.1. The van der Waals surface area contributed by atoms with Crippen LogP contribution in [0.5, 0.6) is 0 Å². The van der Waals surface area contributed by atoms with E-state index >= 15 is 0 Å². The fourth-order valence-electron chi connectivity index (χ4n) is 11.6. The molecule has 0 aromatic carbocycles. The van der Waals surface area contributed by atoms with Crippen molar-refractivity contribution in [2.45, 2.75) is 150 Å². The Morgan fingerprint density at radius 1 is 0.734 bits per heavy atom. The maximum absolute atomic E-state index is 13.1. The topological polar surface area (TPSA) is 312 Å². The summed E-state index contributed by atoms with van der Waals surface area (Å²) >= 11 is 0. The van der Waals surface area contributed by atoms with Crippen LogP contribution in [0.1, 0.15) is 132 Å². The van der Waals surface area contributed by atoms with E-state index < -0.39 is 125 Å². The van der Waals surface area contributed by atoms with Gasteiger partial charge in [0.2, 0.25) is 0 Å². The van der Waals surface area contributed by atoms with Crippen LogP contribution in [0.3, 0.4) is 0 Å². The van der Waals surface area contributed by atoms with Crippen molar-refractivity contribution in [2.24, 2.45) is 49.0 Å². The molecule has 1 radical (unpaired) electrons. The molecule has 0 aromatic heterocycles. The summed E-state index contributed by atoms with van der Waals surface area (Å²) in [5, 5.41) is 76.9. The minimum Gasteiger partial charge on any atom is -0.680 e. The molecule has 19 heteroatoms. The van der Waals surface area contributed by atoms with Crippen molar-refractivity contribution in [1.82, 2.24) is 0 Å². The molecular formula is C45H59CoN4O14+. The summed E-state index contributed by atoms with van der Waals surface area (Å²) in [6.07, 6.45) is -3.44. The third kappa shape index (κ3) is 9.06. The Morgan fingerprint density at radius 2 is 1.30 bits per heavy atom. The van der Waals surface area contributed by atoms with E-state index in [0.29, 0.717) is 39.4 Å². The quantitative estimate of drug-likeness (QED) is 0.0758. The van der Waals surface area contributed by atoms with Crippen LogP contribution in [0.4, 0.5) is 0 Å². The number of rotatable bonds is 18. The molecule has 5 aliphatic heterocycles. The molecule has 64 heavy (non-hydrogen) atoms. The smallest absolute Gasteiger partial charge is 0.680 e. The van der Waals surface area contributed by atoms with Crippen LogP contribution in [-0.4, -0.2) is 112 Å². The molecule has 9 atom stereocenters. The van der Waals surface area contributed by atoms with Gasteiger partial charge in [-0.3, -0.25) is 48.5 Å². The van der Waals surface area contributed by atoms with Crippen molar-refractivity contribution in [1.29, 1.82) is 0 Å². The van der Waals surface area contributed by atoms with Gasteiger partial charge in [0.1, 0.15) is 0 Å². The predicted molar refractivity (Wildman–Crippen MR) is 228 cm³/mol. The van der Waals surface area contributed by atoms with Crippen LogP contribution >= 0.6 is 0 Å². The largest absolute Gasteiger partial charge is 2.00 e. The van der Waals surface area contributed by atoms with Gasteiger partial charge in [0.15, 0.2) is 0 Å². The van der Waals surface area contributed by atoms with Gasteiger partial charge in [0, 0.05) is 77.9 Å². The van der Waals surface area contributed by atoms with Crippen molar-refractivity contribution >= 4 is 58.9 Å². The van der Waals surface area contributed by atoms with E-state index in [4.69, 9.17) is 20.3 Å². The second kappa shape index (κ2) is 18.4. The molecular weight excluding hydrogens is 879 g/mol. The molecule has 351 valence electrons. The maximum atomic E-state index is 13.1. The summed E-state index contributed by atoms with van der Waals surface area (Å²) in [4.78, 5) is 104. The van der Waals surface area contributed by atoms with Crippen molar-refractivity contribution in [2.75, 3.05) is 0 Å². The predicted octanol–water partition coefficient (Wildman–Crippen LogP) is 6.64. The Kier molecular flexibility index (Phi) is 14.8. The van der Waals surface area contributed by atoms with Gasteiger partial charge in [-0.25, -0.2) is 0 Å². The van der Waals surface area contributed by atoms with Gasteiger partial charge in [-0.2, -0.15) is 5.70 Å². The van der Waals surface area contributed by atoms with Gasteiger partial charge in [-0.05, 0) is 87.0 Å². The summed E-state index contributed by atoms with van der Waals surface area (Å²) < 4.78 is 0. The molecule has 0 saturated carbocycles. The zero-order chi connectivity index (χ0) is 47.4. The molecule has 0 aliphatic carbocycles. The van der Waals surface area contributed by atoms with E-state index in [1.165, 1.54) is 0 Å². The molecule has 7 N–H and O–H groups in total. The third-order valence-electron chi connectivity index (χ3n) is 15.1. The van der Waals surface area contributed by atoms with E-state index in [2.05, 4.69) is 0 Å². The first-order valence-corrected chi connectivity index (χ1v) is 21.2. The molecule has 0 spiro atoms. The minimum atomic E-state index is -1.63. The Labute approximate surface area is 381 Å². The number of allylic oxidation sites excluding steroid dienone is 4. The zero-order valence-electron chi connectivity index (χ0n) is 37.4. The average molecular weight is 939 g/mol. The van der Waals surface area contributed by atoms with Crippen LogP contribution < -0.4 is 0 Å². The standard InChI is InChI=1S/C45H60N4O14.Co/c1-21-36-24(9-12-29(50)51)23(3)44(7,48-36)18-28-25(10-13-30(52)53)42(5,19-34(60)61)39(46-28)22(2)37-26(11-14-31(54)55)43(6,20-35(62)63)45(8,49-37)40-27(17-33(58)59)41(4,38(21)47-40)16-15-32(56)57;/h21,26-27,40H,9-20H2,1-8H3,(H8,46,49,50,51,52,53,54,55,56,57,58,59,60,61,62,63);/q;+2/p-1. The Hall–Kier alpha value is -5.17. The van der Waals surface area contributed by atoms with Crippen molar-refractivity contribution in [3.8, 4) is 0 Å². The molecule has 0 aromatic rings. The number of carbonyl (C=O) groups is 7. The van der Waals surface area contributed by atoms with Crippen molar-refractivity contribution in [3.63, 3.8) is 0 Å². The zero-order valence-corrected chi connectivity index (χ0v) is 38.4. The third-order valence-corrected chi connectivity index (χ3v) is 15.1. The number of aliphatic carboxylic acids is 7. The molecule has 5 heterocycles. The first kappa shape index (κ1) is 51.5. The number of nitrogens with zero attached hydrogens (tertiary/aromatic N) is 4. The first-order valence-electron chi connectivity index (χ1n) is 21.2. The minimum absolute atomic E-state index is 0. The van der Waals surface area contributed by atoms with E-state index in [1.54, 1.807) is 41.5 Å². The molecule has 9 unspecified atom stereocenters. The summed E-state index contributed by atoms with van der Waals surface area (Å²) in [6, 6.07) is -1.14. The maximum Gasteiger partial charge on any atom is 2.00 e. The van der Waals surface area contributed by atoms with Crippen LogP contribution in [-0.2, 0) is 50.3 Å². The van der Waals surface area contributed by atoms with Crippen LogP contribution in [0.2, 0.25) is 0 Å². The SMILES string of the molecule is CC1=C2[N-]C(C)(C3N=C(C(C)C4=NC(C)(CC5=C(CCC(=O)O)C(C)(CC(=O)O)C1=N5)C(C)=C4CCC(=O)O)C(C)(CCC(=O)O)C3CC(=O)O)C(C)(CC(=O)O)C2CCC(=O)O.[Co+2]. The molecule has 18 nitrogen and oxygen atoms in total. The van der Waals surface area contributed by atoms with Crippen molar-refractivity contribution in [3.05, 3.63) is 39.0 Å². The van der Waals surface area contributed by atoms with E-state index in [-0.39, 0.29) is 73.1 Å². The normalized spacial score (nSPS) is 33.0. The summed E-state index contributed by atoms with van der Waals surface area (Å²) in [5.41, 5.74) is -3.39. The second-order valence-corrected chi connectivity index (χ2v) is 19.1. The second-order valence-electron chi connectivity index (χ2n) is 19.1. The van der Waals surface area contributed by atoms with Gasteiger partial charge in [-0.1, -0.05) is 33.2 Å². The number of aliphatic imine (C=N–C) groups is 3. The molecule has 1 fully saturated rings. The number of carboxylic acids is 7. The van der Waals surface area contributed by atoms with Crippen LogP contribution in [0.25, 0.3) is 5.32 Å². The molecule has 0 amide bonds. The fraction of sp³-hybridized carbons (Fsp3) is 0.644. The van der Waals surface area contributed by atoms with Crippen molar-refractivity contribution < 1.29 is 86.1 Å². The molecule has 8 bridgehead atoms. The van der Waals surface area contributed by atoms with Gasteiger partial charge < -0.3 is 41.1 Å². The summed E-state index contributed by atoms with van der Waals surface area (Å²) in [6.45, 7) is 13.8. The Balaban J connectivity index is 0.00000898. The number of hydrogen-bond donors (Lipinski definition) is 7. The van der Waals surface area contributed by atoms with E-state index in [0.717, 1.165) is 0 Å². The fourth-order valence-corrected chi connectivity index (χ4v) is 11.6. The monoisotopic (exact) mass is 938 g/mol. The molecule has 5 aliphatic rings. The Bertz CT molecular complexity index is 2240.